The number of hydrogen-bond donors (Lipinski definition) is 3. The molecule has 3 N–H and O–H groups in total. The van der Waals surface area contributed by atoms with E-state index < -0.39 is 0 Å². The lowest BCUT2D eigenvalue weighted by Gasteiger charge is -2.27. The highest BCUT2D eigenvalue weighted by molar-refractivity contribution is 5.93. The molecule has 0 saturated carbocycles. The summed E-state index contributed by atoms with van der Waals surface area (Å²) in [5.41, 5.74) is 2.45. The molecule has 0 radical (unpaired) electrons. The van der Waals surface area contributed by atoms with Crippen molar-refractivity contribution in [3.63, 3.8) is 0 Å². The average Bonchev–Trinajstić information content (AvgIpc) is 2.71. The number of aryl methyl sites for hydroxylation is 2. The van der Waals surface area contributed by atoms with Crippen molar-refractivity contribution >= 4 is 11.6 Å². The Hall–Kier alpha value is -1.44. The zero-order chi connectivity index (χ0) is 14.5. The van der Waals surface area contributed by atoms with E-state index >= 15 is 0 Å². The molecule has 1 fully saturated rings. The molecule has 1 aromatic rings. The van der Waals surface area contributed by atoms with Gasteiger partial charge >= 0.3 is 0 Å². The molecule has 0 aliphatic carbocycles. The van der Waals surface area contributed by atoms with Crippen molar-refractivity contribution in [1.29, 1.82) is 0 Å². The molecule has 7 heteroatoms. The normalized spacial score (nSPS) is 19.3. The van der Waals surface area contributed by atoms with Gasteiger partial charge < -0.3 is 15.4 Å². The van der Waals surface area contributed by atoms with E-state index in [0.29, 0.717) is 6.54 Å². The predicted molar refractivity (Wildman–Crippen MR) is 76.8 cm³/mol. The molecule has 0 aromatic carbocycles. The van der Waals surface area contributed by atoms with Gasteiger partial charge in [0.1, 0.15) is 0 Å². The molecule has 7 nitrogen and oxygen atoms in total. The maximum Gasteiger partial charge on any atom is 0.238 e. The summed E-state index contributed by atoms with van der Waals surface area (Å²) < 4.78 is 5.62. The Bertz CT molecular complexity index is 434. The SMILES string of the molecule is Cc1n[nH]c(C)c1NC(=O)CN(C)CC1CNCCO1. The Kier molecular flexibility index (Phi) is 5.11. The highest BCUT2D eigenvalue weighted by Gasteiger charge is 2.17. The van der Waals surface area contributed by atoms with Crippen LogP contribution in [0.2, 0.25) is 0 Å². The number of rotatable bonds is 5. The molecule has 1 aromatic heterocycles. The zero-order valence-electron chi connectivity index (χ0n) is 12.3. The van der Waals surface area contributed by atoms with E-state index in [1.807, 2.05) is 25.8 Å². The second-order valence-electron chi connectivity index (χ2n) is 5.25. The number of aromatic amines is 1. The standard InChI is InChI=1S/C13H23N5O2/c1-9-13(10(2)17-16-9)15-12(19)8-18(3)7-11-6-14-4-5-20-11/h11,14H,4-8H2,1-3H3,(H,15,19)(H,16,17). The number of ether oxygens (including phenoxy) is 1. The van der Waals surface area contributed by atoms with Crippen LogP contribution in [0.1, 0.15) is 11.4 Å². The molecule has 1 amide bonds. The lowest BCUT2D eigenvalue weighted by molar-refractivity contribution is -0.117. The van der Waals surface area contributed by atoms with Gasteiger partial charge in [-0.1, -0.05) is 0 Å². The predicted octanol–water partition coefficient (Wildman–Crippen LogP) is -0.115. The number of nitrogens with one attached hydrogen (secondary N) is 3. The lowest BCUT2D eigenvalue weighted by atomic mass is 10.3. The van der Waals surface area contributed by atoms with Crippen molar-refractivity contribution < 1.29 is 9.53 Å². The Balaban J connectivity index is 1.78. The first-order chi connectivity index (χ1) is 9.56. The summed E-state index contributed by atoms with van der Waals surface area (Å²) >= 11 is 0. The zero-order valence-corrected chi connectivity index (χ0v) is 12.3. The summed E-state index contributed by atoms with van der Waals surface area (Å²) in [7, 11) is 1.92. The molecule has 0 spiro atoms. The van der Waals surface area contributed by atoms with Crippen LogP contribution < -0.4 is 10.6 Å². The van der Waals surface area contributed by atoms with Gasteiger partial charge in [0.15, 0.2) is 0 Å². The topological polar surface area (TPSA) is 82.3 Å². The minimum Gasteiger partial charge on any atom is -0.374 e. The molecule has 1 aliphatic heterocycles. The van der Waals surface area contributed by atoms with Crippen molar-refractivity contribution in [2.24, 2.45) is 0 Å². The second-order valence-corrected chi connectivity index (χ2v) is 5.25. The molecule has 112 valence electrons. The molecule has 1 aliphatic rings. The van der Waals surface area contributed by atoms with Crippen LogP contribution >= 0.6 is 0 Å². The van der Waals surface area contributed by atoms with Crippen molar-refractivity contribution in [3.8, 4) is 0 Å². The summed E-state index contributed by atoms with van der Waals surface area (Å²) in [5.74, 6) is -0.0381. The van der Waals surface area contributed by atoms with Crippen LogP contribution in [-0.4, -0.2) is 66.9 Å². The van der Waals surface area contributed by atoms with Gasteiger partial charge in [-0.05, 0) is 20.9 Å². The Labute approximate surface area is 119 Å². The molecular formula is C13H23N5O2. The van der Waals surface area contributed by atoms with Crippen molar-refractivity contribution in [2.45, 2.75) is 20.0 Å². The van der Waals surface area contributed by atoms with E-state index in [-0.39, 0.29) is 12.0 Å². The summed E-state index contributed by atoms with van der Waals surface area (Å²) in [6.45, 7) is 7.31. The fraction of sp³-hybridized carbons (Fsp3) is 0.692. The van der Waals surface area contributed by atoms with E-state index in [2.05, 4.69) is 20.8 Å². The van der Waals surface area contributed by atoms with Gasteiger partial charge in [-0.3, -0.25) is 14.8 Å². The highest BCUT2D eigenvalue weighted by atomic mass is 16.5. The number of likely N-dealkylation sites (N-methyl/N-ethyl adjacent to an activating group) is 1. The minimum atomic E-state index is -0.0381. The molecule has 1 unspecified atom stereocenters. The monoisotopic (exact) mass is 281 g/mol. The van der Waals surface area contributed by atoms with Crippen LogP contribution in [0, 0.1) is 13.8 Å². The van der Waals surface area contributed by atoms with Gasteiger partial charge in [-0.2, -0.15) is 5.10 Å². The number of morpholine rings is 1. The van der Waals surface area contributed by atoms with Gasteiger partial charge in [-0.25, -0.2) is 0 Å². The fourth-order valence-electron chi connectivity index (χ4n) is 2.31. The number of H-pyrrole nitrogens is 1. The molecule has 1 atom stereocenters. The Morgan fingerprint density at radius 2 is 2.35 bits per heavy atom. The molecule has 0 bridgehead atoms. The van der Waals surface area contributed by atoms with E-state index in [4.69, 9.17) is 4.74 Å². The molecular weight excluding hydrogens is 258 g/mol. The third kappa shape index (κ3) is 4.03. The van der Waals surface area contributed by atoms with Gasteiger partial charge in [0, 0.05) is 19.6 Å². The van der Waals surface area contributed by atoms with Crippen LogP contribution in [-0.2, 0) is 9.53 Å². The summed E-state index contributed by atoms with van der Waals surface area (Å²) in [4.78, 5) is 14.0. The Morgan fingerprint density at radius 1 is 1.55 bits per heavy atom. The molecule has 2 rings (SSSR count). The third-order valence-corrected chi connectivity index (χ3v) is 3.33. The molecule has 2 heterocycles. The first-order valence-corrected chi connectivity index (χ1v) is 6.88. The number of hydrogen-bond acceptors (Lipinski definition) is 5. The van der Waals surface area contributed by atoms with E-state index in [9.17, 15) is 4.79 Å². The number of aromatic nitrogens is 2. The first-order valence-electron chi connectivity index (χ1n) is 6.88. The van der Waals surface area contributed by atoms with Crippen molar-refractivity contribution in [2.75, 3.05) is 45.2 Å². The fourth-order valence-corrected chi connectivity index (χ4v) is 2.31. The molecule has 20 heavy (non-hydrogen) atoms. The van der Waals surface area contributed by atoms with Crippen LogP contribution in [0.25, 0.3) is 0 Å². The van der Waals surface area contributed by atoms with Crippen LogP contribution in [0.15, 0.2) is 0 Å². The van der Waals surface area contributed by atoms with Gasteiger partial charge in [0.05, 0.1) is 36.3 Å². The van der Waals surface area contributed by atoms with E-state index in [1.54, 1.807) is 0 Å². The summed E-state index contributed by atoms with van der Waals surface area (Å²) in [6.07, 6.45) is 0.152. The maximum atomic E-state index is 12.0. The quantitative estimate of drug-likeness (QED) is 0.701. The maximum absolute atomic E-state index is 12.0. The number of nitrogens with zero attached hydrogens (tertiary/aromatic N) is 2. The largest absolute Gasteiger partial charge is 0.374 e. The van der Waals surface area contributed by atoms with Crippen LogP contribution in [0.3, 0.4) is 0 Å². The lowest BCUT2D eigenvalue weighted by Crippen LogP contribution is -2.45. The summed E-state index contributed by atoms with van der Waals surface area (Å²) in [5, 5.41) is 13.1. The smallest absolute Gasteiger partial charge is 0.238 e. The van der Waals surface area contributed by atoms with Gasteiger partial charge in [-0.15, -0.1) is 0 Å². The number of carbonyl (C=O) groups is 1. The van der Waals surface area contributed by atoms with E-state index in [1.165, 1.54) is 0 Å². The van der Waals surface area contributed by atoms with E-state index in [0.717, 1.165) is 43.3 Å². The first kappa shape index (κ1) is 15.0. The van der Waals surface area contributed by atoms with Gasteiger partial charge in [0.25, 0.3) is 0 Å². The van der Waals surface area contributed by atoms with Crippen LogP contribution in [0.5, 0.6) is 0 Å². The van der Waals surface area contributed by atoms with Crippen molar-refractivity contribution in [3.05, 3.63) is 11.4 Å². The Morgan fingerprint density at radius 3 is 2.95 bits per heavy atom. The second kappa shape index (κ2) is 6.83. The van der Waals surface area contributed by atoms with Gasteiger partial charge in [0.2, 0.25) is 5.91 Å². The average molecular weight is 281 g/mol. The number of anilines is 1. The van der Waals surface area contributed by atoms with Crippen LogP contribution in [0.4, 0.5) is 5.69 Å². The number of carbonyl (C=O) groups excluding carboxylic acids is 1. The third-order valence-electron chi connectivity index (χ3n) is 3.33. The number of amides is 1. The minimum absolute atomic E-state index is 0.0381. The van der Waals surface area contributed by atoms with Crippen molar-refractivity contribution in [1.82, 2.24) is 20.4 Å². The molecule has 1 saturated heterocycles. The highest BCUT2D eigenvalue weighted by Crippen LogP contribution is 2.15. The summed E-state index contributed by atoms with van der Waals surface area (Å²) in [6, 6.07) is 0.